The highest BCUT2D eigenvalue weighted by molar-refractivity contribution is 5.36. The number of aliphatic hydroxyl groups is 1. The topological polar surface area (TPSA) is 35.9 Å². The molecule has 0 radical (unpaired) electrons. The van der Waals surface area contributed by atoms with Crippen LogP contribution in [0.15, 0.2) is 48.5 Å². The van der Waals surface area contributed by atoms with Crippen molar-refractivity contribution in [1.82, 2.24) is 9.80 Å². The van der Waals surface area contributed by atoms with Crippen LogP contribution in [0.25, 0.3) is 0 Å². The fourth-order valence-electron chi connectivity index (χ4n) is 3.90. The maximum Gasteiger partial charge on any atom is 0.119 e. The average molecular weight is 383 g/mol. The van der Waals surface area contributed by atoms with Crippen molar-refractivity contribution in [2.45, 2.75) is 39.3 Å². The molecule has 4 nitrogen and oxygen atoms in total. The number of piperazine rings is 1. The Morgan fingerprint density at radius 1 is 0.964 bits per heavy atom. The average Bonchev–Trinajstić information content (AvgIpc) is 2.68. The highest BCUT2D eigenvalue weighted by Gasteiger charge is 2.19. The van der Waals surface area contributed by atoms with Gasteiger partial charge in [0.25, 0.3) is 0 Å². The Balaban J connectivity index is 1.39. The summed E-state index contributed by atoms with van der Waals surface area (Å²) in [5.41, 5.74) is 3.96. The summed E-state index contributed by atoms with van der Waals surface area (Å²) in [6, 6.07) is 16.8. The second-order valence-electron chi connectivity index (χ2n) is 8.20. The smallest absolute Gasteiger partial charge is 0.119 e. The number of ether oxygens (including phenoxy) is 1. The molecule has 4 heteroatoms. The monoisotopic (exact) mass is 382 g/mol. The zero-order valence-electron chi connectivity index (χ0n) is 17.5. The number of nitrogens with zero attached hydrogens (tertiary/aromatic N) is 2. The molecule has 2 aromatic carbocycles. The van der Waals surface area contributed by atoms with Gasteiger partial charge in [0.15, 0.2) is 0 Å². The lowest BCUT2D eigenvalue weighted by Crippen LogP contribution is -2.48. The molecule has 1 heterocycles. The molecule has 1 atom stereocenters. The molecule has 0 aliphatic carbocycles. The highest BCUT2D eigenvalue weighted by Crippen LogP contribution is 2.23. The van der Waals surface area contributed by atoms with Gasteiger partial charge in [-0.2, -0.15) is 0 Å². The molecule has 1 aliphatic heterocycles. The van der Waals surface area contributed by atoms with Gasteiger partial charge in [-0.1, -0.05) is 50.2 Å². The quantitative estimate of drug-likeness (QED) is 0.756. The molecule has 1 saturated heterocycles. The molecule has 152 valence electrons. The third-order valence-electron chi connectivity index (χ3n) is 5.49. The van der Waals surface area contributed by atoms with Crippen LogP contribution in [0.1, 0.15) is 36.5 Å². The molecular weight excluding hydrogens is 348 g/mol. The predicted molar refractivity (Wildman–Crippen MR) is 115 cm³/mol. The summed E-state index contributed by atoms with van der Waals surface area (Å²) in [7, 11) is 0. The standard InChI is InChI=1S/C24H34N2O2/c1-19(2)24-10-9-23(15-20(24)3)28-18-22(27)17-26-13-11-25(12-14-26)16-21-7-5-4-6-8-21/h4-10,15,19,22,27H,11-14,16-18H2,1-3H3/t22-/m0/s1. The Hall–Kier alpha value is -1.88. The van der Waals surface area contributed by atoms with Gasteiger partial charge in [-0.3, -0.25) is 9.80 Å². The zero-order chi connectivity index (χ0) is 19.9. The Labute approximate surface area is 169 Å². The van der Waals surface area contributed by atoms with E-state index in [4.69, 9.17) is 4.74 Å². The minimum Gasteiger partial charge on any atom is -0.491 e. The normalized spacial score (nSPS) is 17.0. The third-order valence-corrected chi connectivity index (χ3v) is 5.49. The molecular formula is C24H34N2O2. The van der Waals surface area contributed by atoms with Gasteiger partial charge in [0.2, 0.25) is 0 Å². The number of benzene rings is 2. The van der Waals surface area contributed by atoms with Crippen LogP contribution in [0.4, 0.5) is 0 Å². The van der Waals surface area contributed by atoms with E-state index in [1.165, 1.54) is 16.7 Å². The van der Waals surface area contributed by atoms with Gasteiger partial charge in [0, 0.05) is 39.3 Å². The van der Waals surface area contributed by atoms with Gasteiger partial charge in [0.05, 0.1) is 0 Å². The third kappa shape index (κ3) is 6.06. The maximum atomic E-state index is 10.4. The lowest BCUT2D eigenvalue weighted by Gasteiger charge is -2.35. The van der Waals surface area contributed by atoms with Crippen LogP contribution in [0.5, 0.6) is 5.75 Å². The van der Waals surface area contributed by atoms with Gasteiger partial charge < -0.3 is 9.84 Å². The number of β-amino-alcohol motifs (C(OH)–C–C–N with tert-alkyl or cyclic N) is 1. The van der Waals surface area contributed by atoms with Crippen molar-refractivity contribution < 1.29 is 9.84 Å². The number of aliphatic hydroxyl groups excluding tert-OH is 1. The van der Waals surface area contributed by atoms with Crippen LogP contribution in [-0.2, 0) is 6.54 Å². The highest BCUT2D eigenvalue weighted by atomic mass is 16.5. The summed E-state index contributed by atoms with van der Waals surface area (Å²) in [6.45, 7) is 12.6. The van der Waals surface area contributed by atoms with Crippen LogP contribution in [-0.4, -0.2) is 60.3 Å². The minimum atomic E-state index is -0.467. The van der Waals surface area contributed by atoms with Crippen LogP contribution in [0.2, 0.25) is 0 Å². The minimum absolute atomic E-state index is 0.338. The summed E-state index contributed by atoms with van der Waals surface area (Å²) in [6.07, 6.45) is -0.467. The molecule has 3 rings (SSSR count). The molecule has 0 bridgehead atoms. The summed E-state index contributed by atoms with van der Waals surface area (Å²) in [5.74, 6) is 1.36. The van der Waals surface area contributed by atoms with Crippen LogP contribution < -0.4 is 4.74 Å². The Kier molecular flexibility index (Phi) is 7.49. The zero-order valence-corrected chi connectivity index (χ0v) is 17.5. The van der Waals surface area contributed by atoms with Gasteiger partial charge in [-0.25, -0.2) is 0 Å². The summed E-state index contributed by atoms with van der Waals surface area (Å²) >= 11 is 0. The fourth-order valence-corrected chi connectivity index (χ4v) is 3.90. The lowest BCUT2D eigenvalue weighted by atomic mass is 9.98. The molecule has 1 N–H and O–H groups in total. The second-order valence-corrected chi connectivity index (χ2v) is 8.20. The predicted octanol–water partition coefficient (Wildman–Crippen LogP) is 3.68. The van der Waals surface area contributed by atoms with Crippen molar-refractivity contribution in [3.63, 3.8) is 0 Å². The first-order chi connectivity index (χ1) is 13.5. The first-order valence-corrected chi connectivity index (χ1v) is 10.4. The SMILES string of the molecule is Cc1cc(OC[C@@H](O)CN2CCN(Cc3ccccc3)CC2)ccc1C(C)C. The van der Waals surface area contributed by atoms with Crippen molar-refractivity contribution in [3.8, 4) is 5.75 Å². The van der Waals surface area contributed by atoms with E-state index in [9.17, 15) is 5.11 Å². The van der Waals surface area contributed by atoms with E-state index in [-0.39, 0.29) is 0 Å². The molecule has 0 aromatic heterocycles. The summed E-state index contributed by atoms with van der Waals surface area (Å²) < 4.78 is 5.84. The number of aryl methyl sites for hydroxylation is 1. The first-order valence-electron chi connectivity index (χ1n) is 10.4. The van der Waals surface area contributed by atoms with E-state index < -0.39 is 6.10 Å². The summed E-state index contributed by atoms with van der Waals surface area (Å²) in [5, 5.41) is 10.4. The number of rotatable bonds is 8. The summed E-state index contributed by atoms with van der Waals surface area (Å²) in [4.78, 5) is 4.82. The van der Waals surface area contributed by atoms with Gasteiger partial charge in [0.1, 0.15) is 18.5 Å². The van der Waals surface area contributed by atoms with Crippen molar-refractivity contribution in [2.75, 3.05) is 39.3 Å². The first kappa shape index (κ1) is 20.8. The molecule has 2 aromatic rings. The van der Waals surface area contributed by atoms with E-state index in [2.05, 4.69) is 73.0 Å². The molecule has 0 saturated carbocycles. The Morgan fingerprint density at radius 3 is 2.29 bits per heavy atom. The maximum absolute atomic E-state index is 10.4. The molecule has 0 spiro atoms. The Morgan fingerprint density at radius 2 is 1.64 bits per heavy atom. The number of hydrogen-bond donors (Lipinski definition) is 1. The van der Waals surface area contributed by atoms with Gasteiger partial charge >= 0.3 is 0 Å². The van der Waals surface area contributed by atoms with Crippen LogP contribution >= 0.6 is 0 Å². The van der Waals surface area contributed by atoms with E-state index in [1.807, 2.05) is 6.07 Å². The molecule has 28 heavy (non-hydrogen) atoms. The van der Waals surface area contributed by atoms with Crippen LogP contribution in [0, 0.1) is 6.92 Å². The van der Waals surface area contributed by atoms with Crippen molar-refractivity contribution in [3.05, 3.63) is 65.2 Å². The molecule has 1 fully saturated rings. The molecule has 1 aliphatic rings. The van der Waals surface area contributed by atoms with E-state index in [0.717, 1.165) is 38.5 Å². The van der Waals surface area contributed by atoms with Gasteiger partial charge in [-0.15, -0.1) is 0 Å². The molecule has 0 unspecified atom stereocenters. The van der Waals surface area contributed by atoms with Crippen LogP contribution in [0.3, 0.4) is 0 Å². The Bertz CT molecular complexity index is 725. The van der Waals surface area contributed by atoms with Gasteiger partial charge in [-0.05, 0) is 41.7 Å². The van der Waals surface area contributed by atoms with E-state index in [1.54, 1.807) is 0 Å². The largest absolute Gasteiger partial charge is 0.491 e. The second kappa shape index (κ2) is 10.1. The lowest BCUT2D eigenvalue weighted by molar-refractivity contribution is 0.0446. The van der Waals surface area contributed by atoms with E-state index in [0.29, 0.717) is 19.1 Å². The number of hydrogen-bond acceptors (Lipinski definition) is 4. The van der Waals surface area contributed by atoms with Crippen molar-refractivity contribution in [2.24, 2.45) is 0 Å². The molecule has 0 amide bonds. The fraction of sp³-hybridized carbons (Fsp3) is 0.500. The van der Waals surface area contributed by atoms with Crippen molar-refractivity contribution >= 4 is 0 Å². The van der Waals surface area contributed by atoms with Crippen molar-refractivity contribution in [1.29, 1.82) is 0 Å². The van der Waals surface area contributed by atoms with E-state index >= 15 is 0 Å².